The molecular weight excluding hydrogens is 490 g/mol. The van der Waals surface area contributed by atoms with Gasteiger partial charge < -0.3 is 9.47 Å². The van der Waals surface area contributed by atoms with Gasteiger partial charge >= 0.3 is 0 Å². The molecule has 0 unspecified atom stereocenters. The highest BCUT2D eigenvalue weighted by Crippen LogP contribution is 2.36. The Labute approximate surface area is 192 Å². The highest BCUT2D eigenvalue weighted by Gasteiger charge is 2.32. The number of benzene rings is 2. The Morgan fingerprint density at radius 2 is 2.10 bits per heavy atom. The second-order valence-electron chi connectivity index (χ2n) is 6.01. The quantitative estimate of drug-likeness (QED) is 0.474. The standard InChI is InChI=1S/C21H17BrClN3O3S/c1-3-26-20(27)19(30-21(26)25-14-5-6-15(22)16(23)12-14)11-13-4-7-17(29-9-8-24)18(10-13)28-2/h4-7,10-12H,3,9H2,1-2H3/b19-11-,25-21?. The van der Waals surface area contributed by atoms with Gasteiger partial charge in [-0.15, -0.1) is 0 Å². The molecule has 0 atom stereocenters. The van der Waals surface area contributed by atoms with Crippen LogP contribution in [0.1, 0.15) is 12.5 Å². The van der Waals surface area contributed by atoms with Crippen LogP contribution in [0.4, 0.5) is 5.69 Å². The molecule has 2 aromatic carbocycles. The van der Waals surface area contributed by atoms with Crippen LogP contribution in [0.2, 0.25) is 5.02 Å². The van der Waals surface area contributed by atoms with E-state index in [9.17, 15) is 4.79 Å². The number of ether oxygens (including phenoxy) is 2. The number of nitrogens with zero attached hydrogens (tertiary/aromatic N) is 3. The molecule has 0 radical (unpaired) electrons. The molecule has 1 aliphatic rings. The molecular formula is C21H17BrClN3O3S. The third-order valence-electron chi connectivity index (χ3n) is 4.11. The van der Waals surface area contributed by atoms with E-state index in [4.69, 9.17) is 26.3 Å². The summed E-state index contributed by atoms with van der Waals surface area (Å²) in [7, 11) is 1.52. The SMILES string of the molecule is CCN1C(=O)/C(=C/c2ccc(OCC#N)c(OC)c2)SC1=Nc1ccc(Br)c(Cl)c1. The Hall–Kier alpha value is -2.47. The molecule has 30 heavy (non-hydrogen) atoms. The van der Waals surface area contributed by atoms with E-state index < -0.39 is 0 Å². The lowest BCUT2D eigenvalue weighted by Crippen LogP contribution is -2.28. The first-order valence-corrected chi connectivity index (χ1v) is 10.9. The van der Waals surface area contributed by atoms with Crippen molar-refractivity contribution in [3.05, 3.63) is 56.4 Å². The molecule has 9 heteroatoms. The number of likely N-dealkylation sites (N-methyl/N-ethyl adjacent to an activating group) is 1. The van der Waals surface area contributed by atoms with Gasteiger partial charge in [0.15, 0.2) is 23.3 Å². The van der Waals surface area contributed by atoms with E-state index in [1.165, 1.54) is 18.9 Å². The number of methoxy groups -OCH3 is 1. The number of rotatable bonds is 6. The molecule has 3 rings (SSSR count). The number of hydrogen-bond acceptors (Lipinski definition) is 6. The summed E-state index contributed by atoms with van der Waals surface area (Å²) in [4.78, 5) is 19.6. The lowest BCUT2D eigenvalue weighted by Gasteiger charge is -2.12. The molecule has 154 valence electrons. The molecule has 1 saturated heterocycles. The van der Waals surface area contributed by atoms with Crippen LogP contribution in [0.15, 0.2) is 50.8 Å². The van der Waals surface area contributed by atoms with E-state index in [0.29, 0.717) is 38.8 Å². The molecule has 0 spiro atoms. The number of hydrogen-bond donors (Lipinski definition) is 0. The number of nitriles is 1. The van der Waals surface area contributed by atoms with Gasteiger partial charge in [-0.3, -0.25) is 9.69 Å². The Morgan fingerprint density at radius 3 is 2.77 bits per heavy atom. The average molecular weight is 507 g/mol. The zero-order valence-electron chi connectivity index (χ0n) is 16.2. The molecule has 0 N–H and O–H groups in total. The van der Waals surface area contributed by atoms with Gasteiger partial charge in [-0.2, -0.15) is 5.26 Å². The van der Waals surface area contributed by atoms with Crippen LogP contribution >= 0.6 is 39.3 Å². The van der Waals surface area contributed by atoms with E-state index in [0.717, 1.165) is 10.0 Å². The average Bonchev–Trinajstić information content (AvgIpc) is 3.03. The van der Waals surface area contributed by atoms with Crippen molar-refractivity contribution < 1.29 is 14.3 Å². The fourth-order valence-electron chi connectivity index (χ4n) is 2.69. The van der Waals surface area contributed by atoms with Gasteiger partial charge in [0, 0.05) is 11.0 Å². The van der Waals surface area contributed by atoms with Gasteiger partial charge in [0.2, 0.25) is 0 Å². The molecule has 1 amide bonds. The van der Waals surface area contributed by atoms with Crippen molar-refractivity contribution in [2.45, 2.75) is 6.92 Å². The van der Waals surface area contributed by atoms with E-state index in [1.807, 2.05) is 25.1 Å². The second kappa shape index (κ2) is 10.0. The summed E-state index contributed by atoms with van der Waals surface area (Å²) in [5.41, 5.74) is 1.44. The monoisotopic (exact) mass is 505 g/mol. The molecule has 1 fully saturated rings. The second-order valence-corrected chi connectivity index (χ2v) is 8.28. The number of amidine groups is 1. The predicted molar refractivity (Wildman–Crippen MR) is 123 cm³/mol. The zero-order valence-corrected chi connectivity index (χ0v) is 19.3. The van der Waals surface area contributed by atoms with Gasteiger partial charge in [0.05, 0.1) is 22.7 Å². The summed E-state index contributed by atoms with van der Waals surface area (Å²) in [6.07, 6.45) is 1.78. The normalized spacial score (nSPS) is 16.2. The number of thioether (sulfide) groups is 1. The van der Waals surface area contributed by atoms with Crippen LogP contribution in [0.25, 0.3) is 6.08 Å². The minimum atomic E-state index is -0.117. The first-order valence-electron chi connectivity index (χ1n) is 8.89. The predicted octanol–water partition coefficient (Wildman–Crippen LogP) is 5.64. The first kappa shape index (κ1) is 22.2. The number of carbonyl (C=O) groups is 1. The minimum Gasteiger partial charge on any atom is -0.493 e. The van der Waals surface area contributed by atoms with Crippen molar-refractivity contribution in [1.82, 2.24) is 4.90 Å². The maximum atomic E-state index is 12.9. The van der Waals surface area contributed by atoms with Crippen LogP contribution in [0.5, 0.6) is 11.5 Å². The fourth-order valence-corrected chi connectivity index (χ4v) is 4.17. The summed E-state index contributed by atoms with van der Waals surface area (Å²) in [6.45, 7) is 2.32. The summed E-state index contributed by atoms with van der Waals surface area (Å²) in [5, 5.41) is 9.82. The third-order valence-corrected chi connectivity index (χ3v) is 6.35. The maximum absolute atomic E-state index is 12.9. The van der Waals surface area contributed by atoms with Crippen LogP contribution in [0, 0.1) is 11.3 Å². The minimum absolute atomic E-state index is 0.0729. The van der Waals surface area contributed by atoms with Crippen molar-refractivity contribution in [3.63, 3.8) is 0 Å². The molecule has 6 nitrogen and oxygen atoms in total. The van der Waals surface area contributed by atoms with Crippen molar-refractivity contribution in [3.8, 4) is 17.6 Å². The van der Waals surface area contributed by atoms with E-state index >= 15 is 0 Å². The van der Waals surface area contributed by atoms with Crippen LogP contribution < -0.4 is 9.47 Å². The van der Waals surface area contributed by atoms with E-state index in [1.54, 1.807) is 35.2 Å². The van der Waals surface area contributed by atoms with E-state index in [2.05, 4.69) is 20.9 Å². The lowest BCUT2D eigenvalue weighted by molar-refractivity contribution is -0.122. The van der Waals surface area contributed by atoms with Crippen molar-refractivity contribution in [2.75, 3.05) is 20.3 Å². The van der Waals surface area contributed by atoms with Crippen LogP contribution in [0.3, 0.4) is 0 Å². The number of halogens is 2. The number of carbonyl (C=O) groups excluding carboxylic acids is 1. The summed E-state index contributed by atoms with van der Waals surface area (Å²) in [5.74, 6) is 0.838. The van der Waals surface area contributed by atoms with Crippen LogP contribution in [-0.2, 0) is 4.79 Å². The molecule has 0 aliphatic carbocycles. The van der Waals surface area contributed by atoms with Gasteiger partial charge in [-0.1, -0.05) is 17.7 Å². The summed E-state index contributed by atoms with van der Waals surface area (Å²) < 4.78 is 11.5. The molecule has 1 aliphatic heterocycles. The highest BCUT2D eigenvalue weighted by atomic mass is 79.9. The van der Waals surface area contributed by atoms with Crippen molar-refractivity contribution in [2.24, 2.45) is 4.99 Å². The van der Waals surface area contributed by atoms with Gasteiger partial charge in [0.25, 0.3) is 5.91 Å². The third kappa shape index (κ3) is 4.98. The van der Waals surface area contributed by atoms with E-state index in [-0.39, 0.29) is 12.5 Å². The first-order chi connectivity index (χ1) is 14.5. The Bertz CT molecular complexity index is 1080. The molecule has 0 bridgehead atoms. The lowest BCUT2D eigenvalue weighted by atomic mass is 10.2. The highest BCUT2D eigenvalue weighted by molar-refractivity contribution is 9.10. The largest absolute Gasteiger partial charge is 0.493 e. The van der Waals surface area contributed by atoms with Crippen LogP contribution in [-0.4, -0.2) is 36.2 Å². The van der Waals surface area contributed by atoms with Gasteiger partial charge in [-0.25, -0.2) is 4.99 Å². The Morgan fingerprint density at radius 1 is 1.30 bits per heavy atom. The van der Waals surface area contributed by atoms with Gasteiger partial charge in [-0.05, 0) is 76.6 Å². The Kier molecular flexibility index (Phi) is 7.43. The summed E-state index contributed by atoms with van der Waals surface area (Å²) in [6, 6.07) is 12.6. The molecule has 2 aromatic rings. The Balaban J connectivity index is 1.90. The number of amides is 1. The summed E-state index contributed by atoms with van der Waals surface area (Å²) >= 11 is 10.8. The fraction of sp³-hybridized carbons (Fsp3) is 0.190. The smallest absolute Gasteiger partial charge is 0.266 e. The van der Waals surface area contributed by atoms with Gasteiger partial charge in [0.1, 0.15) is 6.07 Å². The molecule has 0 aromatic heterocycles. The topological polar surface area (TPSA) is 74.9 Å². The van der Waals surface area contributed by atoms with Crippen molar-refractivity contribution >= 4 is 62.1 Å². The van der Waals surface area contributed by atoms with Crippen molar-refractivity contribution in [1.29, 1.82) is 5.26 Å². The maximum Gasteiger partial charge on any atom is 0.266 e. The zero-order chi connectivity index (χ0) is 21.7. The number of aliphatic imine (C=N–C) groups is 1. The molecule has 0 saturated carbocycles. The molecule has 1 heterocycles.